The molecule has 1 atom stereocenters. The van der Waals surface area contributed by atoms with E-state index in [4.69, 9.17) is 0 Å². The van der Waals surface area contributed by atoms with Crippen LogP contribution in [0.1, 0.15) is 24.8 Å². The van der Waals surface area contributed by atoms with E-state index in [1.807, 2.05) is 59.5 Å². The normalized spacial score (nSPS) is 15.2. The van der Waals surface area contributed by atoms with E-state index >= 15 is 0 Å². The lowest BCUT2D eigenvalue weighted by molar-refractivity contribution is -0.133. The maximum absolute atomic E-state index is 13.1. The smallest absolute Gasteiger partial charge is 0.230 e. The summed E-state index contributed by atoms with van der Waals surface area (Å²) in [6.07, 6.45) is 2.44. The first-order chi connectivity index (χ1) is 14.3. The number of benzene rings is 2. The van der Waals surface area contributed by atoms with Gasteiger partial charge in [0.1, 0.15) is 12.1 Å². The summed E-state index contributed by atoms with van der Waals surface area (Å²) in [7, 11) is 0. The second-order valence-corrected chi connectivity index (χ2v) is 7.31. The zero-order valence-corrected chi connectivity index (χ0v) is 16.7. The lowest BCUT2D eigenvalue weighted by Gasteiger charge is -2.37. The molecule has 148 valence electrons. The Morgan fingerprint density at radius 2 is 1.59 bits per heavy atom. The molecule has 0 radical (unpaired) electrons. The highest BCUT2D eigenvalue weighted by atomic mass is 16.2. The molecule has 1 fully saturated rings. The lowest BCUT2D eigenvalue weighted by atomic mass is 9.95. The molecule has 3 aromatic rings. The van der Waals surface area contributed by atoms with Crippen LogP contribution in [0.3, 0.4) is 0 Å². The first-order valence-corrected chi connectivity index (χ1v) is 10.2. The number of rotatable bonds is 5. The molecular weight excluding hydrogens is 360 g/mol. The van der Waals surface area contributed by atoms with Crippen molar-refractivity contribution in [1.82, 2.24) is 14.9 Å². The van der Waals surface area contributed by atoms with Crippen LogP contribution >= 0.6 is 0 Å². The summed E-state index contributed by atoms with van der Waals surface area (Å²) in [5.74, 6) is 1.08. The number of aromatic nitrogens is 2. The van der Waals surface area contributed by atoms with Crippen molar-refractivity contribution in [1.29, 1.82) is 0 Å². The number of piperazine rings is 1. The van der Waals surface area contributed by atoms with Gasteiger partial charge in [0, 0.05) is 37.8 Å². The van der Waals surface area contributed by atoms with Gasteiger partial charge in [-0.15, -0.1) is 0 Å². The van der Waals surface area contributed by atoms with E-state index in [0.29, 0.717) is 13.1 Å². The fraction of sp³-hybridized carbons (Fsp3) is 0.292. The number of anilines is 1. The van der Waals surface area contributed by atoms with Crippen LogP contribution in [0.2, 0.25) is 0 Å². The van der Waals surface area contributed by atoms with Gasteiger partial charge in [-0.3, -0.25) is 4.79 Å². The van der Waals surface area contributed by atoms with E-state index in [9.17, 15) is 4.79 Å². The standard InChI is InChI=1S/C24H26N4O/c1-2-21(19-9-5-3-6-10-19)24(29)28-15-13-27(14-16-28)23-17-22(25-18-26-23)20-11-7-4-8-12-20/h3-12,17-18,21H,2,13-16H2,1H3. The number of hydrogen-bond donors (Lipinski definition) is 0. The van der Waals surface area contributed by atoms with Crippen LogP contribution in [0, 0.1) is 0 Å². The molecule has 1 amide bonds. The Hall–Kier alpha value is -3.21. The van der Waals surface area contributed by atoms with Crippen molar-refractivity contribution in [2.45, 2.75) is 19.3 Å². The van der Waals surface area contributed by atoms with Crippen LogP contribution < -0.4 is 4.90 Å². The van der Waals surface area contributed by atoms with E-state index in [-0.39, 0.29) is 11.8 Å². The third-order valence-corrected chi connectivity index (χ3v) is 5.55. The van der Waals surface area contributed by atoms with Gasteiger partial charge in [0.2, 0.25) is 5.91 Å². The fourth-order valence-electron chi connectivity index (χ4n) is 3.90. The van der Waals surface area contributed by atoms with Crippen molar-refractivity contribution in [3.63, 3.8) is 0 Å². The van der Waals surface area contributed by atoms with E-state index in [1.54, 1.807) is 6.33 Å². The number of amides is 1. The minimum Gasteiger partial charge on any atom is -0.353 e. The maximum Gasteiger partial charge on any atom is 0.230 e. The van der Waals surface area contributed by atoms with E-state index < -0.39 is 0 Å². The molecule has 1 aliphatic heterocycles. The Labute approximate surface area is 172 Å². The molecular formula is C24H26N4O. The summed E-state index contributed by atoms with van der Waals surface area (Å²) in [5.41, 5.74) is 3.11. The van der Waals surface area contributed by atoms with Crippen molar-refractivity contribution in [2.75, 3.05) is 31.1 Å². The quantitative estimate of drug-likeness (QED) is 0.665. The molecule has 0 bridgehead atoms. The van der Waals surface area contributed by atoms with Gasteiger partial charge in [-0.2, -0.15) is 0 Å². The highest BCUT2D eigenvalue weighted by Crippen LogP contribution is 2.25. The third kappa shape index (κ3) is 4.29. The summed E-state index contributed by atoms with van der Waals surface area (Å²) in [6, 6.07) is 22.3. The van der Waals surface area contributed by atoms with Gasteiger partial charge in [0.15, 0.2) is 0 Å². The van der Waals surface area contributed by atoms with E-state index in [0.717, 1.165) is 42.1 Å². The predicted octanol–water partition coefficient (Wildman–Crippen LogP) is 3.99. The third-order valence-electron chi connectivity index (χ3n) is 5.55. The molecule has 1 unspecified atom stereocenters. The summed E-state index contributed by atoms with van der Waals surface area (Å²) in [4.78, 5) is 26.2. The number of nitrogens with zero attached hydrogens (tertiary/aromatic N) is 4. The van der Waals surface area contributed by atoms with Crippen LogP contribution in [-0.4, -0.2) is 47.0 Å². The van der Waals surface area contributed by atoms with Gasteiger partial charge < -0.3 is 9.80 Å². The Morgan fingerprint density at radius 1 is 0.931 bits per heavy atom. The first kappa shape index (κ1) is 19.1. The topological polar surface area (TPSA) is 49.3 Å². The molecule has 2 heterocycles. The summed E-state index contributed by atoms with van der Waals surface area (Å²) in [5, 5.41) is 0. The lowest BCUT2D eigenvalue weighted by Crippen LogP contribution is -2.50. The SMILES string of the molecule is CCC(C(=O)N1CCN(c2cc(-c3ccccc3)ncn2)CC1)c1ccccc1. The molecule has 0 N–H and O–H groups in total. The Bertz CT molecular complexity index is 937. The highest BCUT2D eigenvalue weighted by molar-refractivity contribution is 5.84. The minimum atomic E-state index is -0.0634. The Kier molecular flexibility index (Phi) is 5.84. The average Bonchev–Trinajstić information content (AvgIpc) is 2.81. The first-order valence-electron chi connectivity index (χ1n) is 10.2. The van der Waals surface area contributed by atoms with Crippen LogP contribution in [0.15, 0.2) is 73.1 Å². The minimum absolute atomic E-state index is 0.0634. The molecule has 0 spiro atoms. The van der Waals surface area contributed by atoms with Gasteiger partial charge in [-0.1, -0.05) is 67.6 Å². The number of carbonyl (C=O) groups excluding carboxylic acids is 1. The van der Waals surface area contributed by atoms with Gasteiger partial charge >= 0.3 is 0 Å². The molecule has 5 heteroatoms. The molecule has 1 aromatic heterocycles. The average molecular weight is 386 g/mol. The zero-order valence-electron chi connectivity index (χ0n) is 16.7. The second kappa shape index (κ2) is 8.86. The van der Waals surface area contributed by atoms with Crippen LogP contribution in [0.5, 0.6) is 0 Å². The number of carbonyl (C=O) groups is 1. The van der Waals surface area contributed by atoms with Crippen molar-refractivity contribution in [2.24, 2.45) is 0 Å². The van der Waals surface area contributed by atoms with Crippen LogP contribution in [-0.2, 0) is 4.79 Å². The van der Waals surface area contributed by atoms with Crippen LogP contribution in [0.25, 0.3) is 11.3 Å². The number of hydrogen-bond acceptors (Lipinski definition) is 4. The Morgan fingerprint density at radius 3 is 2.24 bits per heavy atom. The molecule has 0 saturated carbocycles. The van der Waals surface area contributed by atoms with Crippen molar-refractivity contribution >= 4 is 11.7 Å². The van der Waals surface area contributed by atoms with Crippen molar-refractivity contribution in [3.05, 3.63) is 78.6 Å². The summed E-state index contributed by atoms with van der Waals surface area (Å²) >= 11 is 0. The van der Waals surface area contributed by atoms with Crippen molar-refractivity contribution < 1.29 is 4.79 Å². The van der Waals surface area contributed by atoms with E-state index in [2.05, 4.69) is 33.9 Å². The molecule has 1 aliphatic rings. The Balaban J connectivity index is 1.43. The largest absolute Gasteiger partial charge is 0.353 e. The molecule has 29 heavy (non-hydrogen) atoms. The van der Waals surface area contributed by atoms with Crippen molar-refractivity contribution in [3.8, 4) is 11.3 Å². The second-order valence-electron chi connectivity index (χ2n) is 7.31. The van der Waals surface area contributed by atoms with Gasteiger partial charge in [0.05, 0.1) is 11.6 Å². The van der Waals surface area contributed by atoms with Gasteiger partial charge in [0.25, 0.3) is 0 Å². The summed E-state index contributed by atoms with van der Waals surface area (Å²) in [6.45, 7) is 5.07. The van der Waals surface area contributed by atoms with E-state index in [1.165, 1.54) is 0 Å². The molecule has 0 aliphatic carbocycles. The fourth-order valence-corrected chi connectivity index (χ4v) is 3.90. The predicted molar refractivity (Wildman–Crippen MR) is 116 cm³/mol. The zero-order chi connectivity index (χ0) is 20.1. The highest BCUT2D eigenvalue weighted by Gasteiger charge is 2.28. The van der Waals surface area contributed by atoms with Gasteiger partial charge in [-0.25, -0.2) is 9.97 Å². The summed E-state index contributed by atoms with van der Waals surface area (Å²) < 4.78 is 0. The van der Waals surface area contributed by atoms with Gasteiger partial charge in [-0.05, 0) is 12.0 Å². The molecule has 2 aromatic carbocycles. The molecule has 4 rings (SSSR count). The molecule has 5 nitrogen and oxygen atoms in total. The van der Waals surface area contributed by atoms with Crippen LogP contribution in [0.4, 0.5) is 5.82 Å². The molecule has 1 saturated heterocycles. The monoisotopic (exact) mass is 386 g/mol. The maximum atomic E-state index is 13.1.